The van der Waals surface area contributed by atoms with Crippen molar-refractivity contribution in [2.75, 3.05) is 26.2 Å². The van der Waals surface area contributed by atoms with Crippen LogP contribution in [0.2, 0.25) is 10.0 Å². The third-order valence-electron chi connectivity index (χ3n) is 6.01. The SMILES string of the molecule is COc1cccc(N2C(=O)C(=O)/C(=C(/O)c3cc(Cl)c(OC)c(Cl)c3OC)C2c2cccc(OC(C)=O)c2)c1. The summed E-state index contributed by atoms with van der Waals surface area (Å²) in [7, 11) is 4.15. The largest absolute Gasteiger partial charge is 0.507 e. The maximum Gasteiger partial charge on any atom is 0.308 e. The van der Waals surface area contributed by atoms with Crippen molar-refractivity contribution in [2.24, 2.45) is 0 Å². The second-order valence-electron chi connectivity index (χ2n) is 8.32. The first kappa shape index (κ1) is 27.8. The number of anilines is 1. The van der Waals surface area contributed by atoms with Crippen molar-refractivity contribution in [3.63, 3.8) is 0 Å². The number of ketones is 1. The number of methoxy groups -OCH3 is 3. The zero-order valence-electron chi connectivity index (χ0n) is 21.3. The van der Waals surface area contributed by atoms with Gasteiger partial charge in [0.15, 0.2) is 11.5 Å². The molecule has 0 bridgehead atoms. The van der Waals surface area contributed by atoms with Crippen LogP contribution in [0.5, 0.6) is 23.0 Å². The van der Waals surface area contributed by atoms with Gasteiger partial charge in [0.25, 0.3) is 11.7 Å². The summed E-state index contributed by atoms with van der Waals surface area (Å²) in [5.41, 5.74) is 0.412. The highest BCUT2D eigenvalue weighted by molar-refractivity contribution is 6.52. The monoisotopic (exact) mass is 571 g/mol. The Kier molecular flexibility index (Phi) is 8.03. The van der Waals surface area contributed by atoms with Crippen molar-refractivity contribution in [3.05, 3.63) is 81.3 Å². The third-order valence-corrected chi connectivity index (χ3v) is 6.63. The number of halogens is 2. The van der Waals surface area contributed by atoms with Crippen LogP contribution in [0.1, 0.15) is 24.1 Å². The minimum Gasteiger partial charge on any atom is -0.507 e. The lowest BCUT2D eigenvalue weighted by Gasteiger charge is -2.26. The average Bonchev–Trinajstić information content (AvgIpc) is 3.18. The molecule has 1 atom stereocenters. The first-order valence-corrected chi connectivity index (χ1v) is 12.2. The molecule has 39 heavy (non-hydrogen) atoms. The molecule has 1 amide bonds. The summed E-state index contributed by atoms with van der Waals surface area (Å²) >= 11 is 12.8. The molecule has 1 heterocycles. The lowest BCUT2D eigenvalue weighted by Crippen LogP contribution is -2.29. The zero-order chi connectivity index (χ0) is 28.4. The van der Waals surface area contributed by atoms with Gasteiger partial charge in [-0.15, -0.1) is 0 Å². The lowest BCUT2D eigenvalue weighted by atomic mass is 9.94. The van der Waals surface area contributed by atoms with E-state index < -0.39 is 29.5 Å². The summed E-state index contributed by atoms with van der Waals surface area (Å²) in [6.07, 6.45) is 0. The molecule has 1 N–H and O–H groups in total. The number of rotatable bonds is 7. The number of benzene rings is 3. The van der Waals surface area contributed by atoms with E-state index in [0.717, 1.165) is 0 Å². The molecule has 1 fully saturated rings. The van der Waals surface area contributed by atoms with E-state index in [4.69, 9.17) is 42.1 Å². The topological polar surface area (TPSA) is 112 Å². The first-order valence-electron chi connectivity index (χ1n) is 11.5. The maximum atomic E-state index is 13.5. The van der Waals surface area contributed by atoms with Gasteiger partial charge in [-0.1, -0.05) is 41.4 Å². The Morgan fingerprint density at radius 2 is 1.56 bits per heavy atom. The van der Waals surface area contributed by atoms with Crippen LogP contribution in [0.25, 0.3) is 5.76 Å². The van der Waals surface area contributed by atoms with Gasteiger partial charge in [0, 0.05) is 18.7 Å². The van der Waals surface area contributed by atoms with E-state index in [1.54, 1.807) is 42.5 Å². The molecule has 4 rings (SSSR count). The number of esters is 1. The quantitative estimate of drug-likeness (QED) is 0.129. The highest BCUT2D eigenvalue weighted by Crippen LogP contribution is 2.48. The molecule has 9 nitrogen and oxygen atoms in total. The normalized spacial score (nSPS) is 16.3. The van der Waals surface area contributed by atoms with E-state index in [0.29, 0.717) is 17.0 Å². The Hall–Kier alpha value is -4.21. The second-order valence-corrected chi connectivity index (χ2v) is 9.11. The predicted molar refractivity (Wildman–Crippen MR) is 145 cm³/mol. The van der Waals surface area contributed by atoms with E-state index in [1.807, 2.05) is 0 Å². The molecule has 0 saturated carbocycles. The van der Waals surface area contributed by atoms with Crippen LogP contribution in [0, 0.1) is 0 Å². The number of carbonyl (C=O) groups is 3. The minimum atomic E-state index is -1.14. The van der Waals surface area contributed by atoms with Crippen molar-refractivity contribution in [1.29, 1.82) is 0 Å². The van der Waals surface area contributed by atoms with Gasteiger partial charge in [0.05, 0.1) is 43.5 Å². The zero-order valence-corrected chi connectivity index (χ0v) is 22.8. The number of carbonyl (C=O) groups excluding carboxylic acids is 3. The molecule has 0 spiro atoms. The predicted octanol–water partition coefficient (Wildman–Crippen LogP) is 5.57. The van der Waals surface area contributed by atoms with Crippen molar-refractivity contribution in [3.8, 4) is 23.0 Å². The van der Waals surface area contributed by atoms with Crippen molar-refractivity contribution >= 4 is 52.3 Å². The molecule has 11 heteroatoms. The Bertz CT molecular complexity index is 1520. The number of Topliss-reactive ketones (excluding diaryl/α,β-unsaturated/α-hetero) is 1. The van der Waals surface area contributed by atoms with Gasteiger partial charge >= 0.3 is 5.97 Å². The second kappa shape index (κ2) is 11.3. The average molecular weight is 572 g/mol. The summed E-state index contributed by atoms with van der Waals surface area (Å²) in [6, 6.07) is 13.0. The molecule has 1 unspecified atom stereocenters. The van der Waals surface area contributed by atoms with Crippen LogP contribution in [-0.4, -0.2) is 44.1 Å². The molecule has 0 aromatic heterocycles. The fourth-order valence-electron chi connectivity index (χ4n) is 4.38. The molecular weight excluding hydrogens is 549 g/mol. The van der Waals surface area contributed by atoms with Crippen molar-refractivity contribution < 1.29 is 38.4 Å². The van der Waals surface area contributed by atoms with Gasteiger partial charge in [-0.2, -0.15) is 0 Å². The number of aliphatic hydroxyl groups is 1. The summed E-state index contributed by atoms with van der Waals surface area (Å²) < 4.78 is 21.2. The molecule has 1 aliphatic heterocycles. The van der Waals surface area contributed by atoms with Crippen LogP contribution in [0.4, 0.5) is 5.69 Å². The van der Waals surface area contributed by atoms with Crippen LogP contribution < -0.4 is 23.8 Å². The number of hydrogen-bond acceptors (Lipinski definition) is 8. The van der Waals surface area contributed by atoms with E-state index in [2.05, 4.69) is 0 Å². The standard InChI is InChI=1S/C28H23Cl2NO8/c1-14(32)39-18-10-5-7-15(11-18)23-21(24(33)19-13-20(29)27(38-4)22(30)26(19)37-3)25(34)28(35)31(23)16-8-6-9-17(12-16)36-2/h5-13,23,33H,1-4H3/b24-21+. The minimum absolute atomic E-state index is 0.0181. The highest BCUT2D eigenvalue weighted by atomic mass is 35.5. The van der Waals surface area contributed by atoms with Crippen LogP contribution in [-0.2, 0) is 14.4 Å². The van der Waals surface area contributed by atoms with E-state index in [-0.39, 0.29) is 38.4 Å². The van der Waals surface area contributed by atoms with E-state index in [1.165, 1.54) is 45.3 Å². The number of nitrogens with zero attached hydrogens (tertiary/aromatic N) is 1. The van der Waals surface area contributed by atoms with Gasteiger partial charge in [-0.05, 0) is 35.9 Å². The molecule has 3 aromatic carbocycles. The van der Waals surface area contributed by atoms with Gasteiger partial charge < -0.3 is 24.1 Å². The third kappa shape index (κ3) is 5.10. The summed E-state index contributed by atoms with van der Waals surface area (Å²) in [6.45, 7) is 1.25. The molecule has 1 aliphatic rings. The Morgan fingerprint density at radius 3 is 2.21 bits per heavy atom. The van der Waals surface area contributed by atoms with Gasteiger partial charge in [-0.3, -0.25) is 19.3 Å². The summed E-state index contributed by atoms with van der Waals surface area (Å²) in [4.78, 5) is 39.9. The Labute approximate surface area is 234 Å². The summed E-state index contributed by atoms with van der Waals surface area (Å²) in [5, 5.41) is 11.6. The molecule has 1 saturated heterocycles. The number of hydrogen-bond donors (Lipinski definition) is 1. The fraction of sp³-hybridized carbons (Fsp3) is 0.179. The maximum absolute atomic E-state index is 13.5. The lowest BCUT2D eigenvalue weighted by molar-refractivity contribution is -0.132. The molecule has 3 aromatic rings. The Balaban J connectivity index is 2.02. The molecular formula is C28H23Cl2NO8. The molecule has 202 valence electrons. The van der Waals surface area contributed by atoms with Gasteiger partial charge in [-0.25, -0.2) is 0 Å². The first-order chi connectivity index (χ1) is 18.6. The Morgan fingerprint density at radius 1 is 0.897 bits per heavy atom. The van der Waals surface area contributed by atoms with Gasteiger partial charge in [0.1, 0.15) is 22.3 Å². The smallest absolute Gasteiger partial charge is 0.308 e. The van der Waals surface area contributed by atoms with Crippen molar-refractivity contribution in [1.82, 2.24) is 0 Å². The van der Waals surface area contributed by atoms with Crippen LogP contribution in [0.15, 0.2) is 60.2 Å². The fourth-order valence-corrected chi connectivity index (χ4v) is 5.07. The summed E-state index contributed by atoms with van der Waals surface area (Å²) in [5.74, 6) is -2.29. The number of amides is 1. The highest BCUT2D eigenvalue weighted by Gasteiger charge is 2.47. The van der Waals surface area contributed by atoms with Crippen LogP contribution >= 0.6 is 23.2 Å². The van der Waals surface area contributed by atoms with Crippen molar-refractivity contribution in [2.45, 2.75) is 13.0 Å². The molecule has 0 radical (unpaired) electrons. The van der Waals surface area contributed by atoms with Gasteiger partial charge in [0.2, 0.25) is 0 Å². The van der Waals surface area contributed by atoms with E-state index in [9.17, 15) is 19.5 Å². The van der Waals surface area contributed by atoms with Crippen LogP contribution in [0.3, 0.4) is 0 Å². The number of aliphatic hydroxyl groups excluding tert-OH is 1. The number of ether oxygens (including phenoxy) is 4. The van der Waals surface area contributed by atoms with E-state index >= 15 is 0 Å². The molecule has 0 aliphatic carbocycles.